The number of amides is 4. The van der Waals surface area contributed by atoms with Crippen molar-refractivity contribution in [2.75, 3.05) is 23.3 Å². The minimum absolute atomic E-state index is 0.136. The Balaban J connectivity index is 1.69. The molecular weight excluding hydrogens is 336 g/mol. The van der Waals surface area contributed by atoms with Gasteiger partial charge < -0.3 is 16.0 Å². The van der Waals surface area contributed by atoms with Crippen molar-refractivity contribution in [3.05, 3.63) is 24.3 Å². The molecule has 26 heavy (non-hydrogen) atoms. The van der Waals surface area contributed by atoms with Crippen LogP contribution in [0.2, 0.25) is 0 Å². The first-order valence-corrected chi connectivity index (χ1v) is 8.75. The first-order valence-electron chi connectivity index (χ1n) is 8.75. The molecule has 2 saturated heterocycles. The molecule has 4 amide bonds. The molecule has 0 aromatic heterocycles. The summed E-state index contributed by atoms with van der Waals surface area (Å²) in [5.74, 6) is -1.05. The Labute approximate surface area is 151 Å². The molecule has 138 valence electrons. The van der Waals surface area contributed by atoms with Crippen LogP contribution in [0.1, 0.15) is 26.2 Å². The lowest BCUT2D eigenvalue weighted by Gasteiger charge is -2.30. The minimum atomic E-state index is -0.411. The Morgan fingerprint density at radius 1 is 1.15 bits per heavy atom. The summed E-state index contributed by atoms with van der Waals surface area (Å²) in [6, 6.07) is 6.22. The number of carbonyl (C=O) groups is 4. The molecule has 0 bridgehead atoms. The van der Waals surface area contributed by atoms with Crippen LogP contribution in [0.4, 0.5) is 11.4 Å². The van der Waals surface area contributed by atoms with Crippen molar-refractivity contribution in [3.8, 4) is 0 Å². The average molecular weight is 359 g/mol. The van der Waals surface area contributed by atoms with Crippen LogP contribution in [0.15, 0.2) is 24.3 Å². The first kappa shape index (κ1) is 18.1. The van der Waals surface area contributed by atoms with E-state index in [9.17, 15) is 19.2 Å². The van der Waals surface area contributed by atoms with Crippen LogP contribution in [-0.2, 0) is 19.2 Å². The van der Waals surface area contributed by atoms with Crippen molar-refractivity contribution in [3.63, 3.8) is 0 Å². The number of piperidine rings is 1. The van der Waals surface area contributed by atoms with Crippen LogP contribution in [0.3, 0.4) is 0 Å². The zero-order valence-corrected chi connectivity index (χ0v) is 14.7. The van der Waals surface area contributed by atoms with Crippen molar-refractivity contribution >= 4 is 35.0 Å². The highest BCUT2D eigenvalue weighted by atomic mass is 16.2. The average Bonchev–Trinajstić information content (AvgIpc) is 2.90. The molecule has 8 nitrogen and oxygen atoms in total. The van der Waals surface area contributed by atoms with Gasteiger partial charge in [0.2, 0.25) is 17.7 Å². The van der Waals surface area contributed by atoms with Crippen LogP contribution >= 0.6 is 0 Å². The molecular formula is C18H23N4O4+. The van der Waals surface area contributed by atoms with Crippen molar-refractivity contribution in [1.82, 2.24) is 0 Å². The third kappa shape index (κ3) is 3.60. The summed E-state index contributed by atoms with van der Waals surface area (Å²) in [5, 5.41) is 2.65. The Morgan fingerprint density at radius 2 is 1.77 bits per heavy atom. The fraction of sp³-hybridized carbons (Fsp3) is 0.444. The highest BCUT2D eigenvalue weighted by Gasteiger charge is 2.46. The van der Waals surface area contributed by atoms with Crippen LogP contribution in [-0.4, -0.2) is 42.8 Å². The topological polar surface area (TPSA) is 114 Å². The summed E-state index contributed by atoms with van der Waals surface area (Å²) < 4.78 is 0. The van der Waals surface area contributed by atoms with Gasteiger partial charge in [-0.05, 0) is 24.3 Å². The van der Waals surface area contributed by atoms with Crippen LogP contribution in [0.25, 0.3) is 0 Å². The van der Waals surface area contributed by atoms with E-state index in [-0.39, 0.29) is 36.0 Å². The minimum Gasteiger partial charge on any atom is -0.369 e. The predicted molar refractivity (Wildman–Crippen MR) is 94.3 cm³/mol. The maximum atomic E-state index is 12.8. The molecule has 2 aliphatic rings. The molecule has 0 saturated carbocycles. The van der Waals surface area contributed by atoms with Crippen molar-refractivity contribution in [2.24, 2.45) is 11.7 Å². The maximum Gasteiger partial charge on any atom is 0.292 e. The number of hydrogen-bond acceptors (Lipinski definition) is 4. The molecule has 1 atom stereocenters. The monoisotopic (exact) mass is 359 g/mol. The quantitative estimate of drug-likeness (QED) is 0.602. The SMILES string of the molecule is CC(=O)Nc1ccc(N2C(=O)C[C@@H]([NH+]3CCC(C(N)=O)CC3)C2=O)cc1. The number of imide groups is 1. The molecule has 2 aliphatic heterocycles. The molecule has 0 radical (unpaired) electrons. The van der Waals surface area contributed by atoms with E-state index in [1.807, 2.05) is 0 Å². The van der Waals surface area contributed by atoms with E-state index >= 15 is 0 Å². The summed E-state index contributed by atoms with van der Waals surface area (Å²) in [5.41, 5.74) is 6.46. The van der Waals surface area contributed by atoms with Crippen LogP contribution in [0, 0.1) is 5.92 Å². The lowest BCUT2D eigenvalue weighted by Crippen LogP contribution is -3.17. The van der Waals surface area contributed by atoms with Gasteiger partial charge in [-0.3, -0.25) is 19.2 Å². The van der Waals surface area contributed by atoms with E-state index in [2.05, 4.69) is 5.32 Å². The number of rotatable bonds is 4. The van der Waals surface area contributed by atoms with Gasteiger partial charge in [-0.15, -0.1) is 0 Å². The van der Waals surface area contributed by atoms with E-state index < -0.39 is 6.04 Å². The molecule has 2 heterocycles. The number of nitrogens with two attached hydrogens (primary N) is 1. The van der Waals surface area contributed by atoms with Gasteiger partial charge >= 0.3 is 0 Å². The Morgan fingerprint density at radius 3 is 2.31 bits per heavy atom. The third-order valence-electron chi connectivity index (χ3n) is 5.12. The number of nitrogens with one attached hydrogen (secondary N) is 2. The van der Waals surface area contributed by atoms with Gasteiger partial charge in [-0.2, -0.15) is 0 Å². The van der Waals surface area contributed by atoms with Gasteiger partial charge in [0.1, 0.15) is 0 Å². The summed E-state index contributed by atoms with van der Waals surface area (Å²) in [6.07, 6.45) is 1.46. The van der Waals surface area contributed by atoms with Gasteiger partial charge in [0.25, 0.3) is 5.91 Å². The molecule has 0 aliphatic carbocycles. The molecule has 0 spiro atoms. The van der Waals surface area contributed by atoms with E-state index in [4.69, 9.17) is 5.73 Å². The zero-order valence-electron chi connectivity index (χ0n) is 14.7. The molecule has 1 aromatic rings. The van der Waals surface area contributed by atoms with E-state index in [0.29, 0.717) is 37.3 Å². The van der Waals surface area contributed by atoms with Gasteiger partial charge in [-0.25, -0.2) is 4.90 Å². The molecule has 0 unspecified atom stereocenters. The number of primary amides is 1. The fourth-order valence-corrected chi connectivity index (χ4v) is 3.74. The summed E-state index contributed by atoms with van der Waals surface area (Å²) in [4.78, 5) is 49.9. The Kier molecular flexibility index (Phi) is 5.03. The standard InChI is InChI=1S/C18H22N4O4/c1-11(23)20-13-2-4-14(5-3-13)22-16(24)10-15(18(22)26)21-8-6-12(7-9-21)17(19)25/h2-5,12,15H,6-10H2,1H3,(H2,19,25)(H,20,23)/p+1/t15-/m1/s1. The normalized spacial score (nSPS) is 26.0. The summed E-state index contributed by atoms with van der Waals surface area (Å²) >= 11 is 0. The second-order valence-electron chi connectivity index (χ2n) is 6.89. The van der Waals surface area contributed by atoms with E-state index in [1.165, 1.54) is 11.8 Å². The van der Waals surface area contributed by atoms with Crippen molar-refractivity contribution in [2.45, 2.75) is 32.2 Å². The summed E-state index contributed by atoms with van der Waals surface area (Å²) in [7, 11) is 0. The highest BCUT2D eigenvalue weighted by molar-refractivity contribution is 6.21. The predicted octanol–water partition coefficient (Wildman–Crippen LogP) is -0.943. The highest BCUT2D eigenvalue weighted by Crippen LogP contribution is 2.24. The van der Waals surface area contributed by atoms with Crippen LogP contribution in [0.5, 0.6) is 0 Å². The molecule has 8 heteroatoms. The molecule has 2 fully saturated rings. The number of quaternary nitrogens is 1. The van der Waals surface area contributed by atoms with Crippen molar-refractivity contribution < 1.29 is 24.1 Å². The molecule has 4 N–H and O–H groups in total. The van der Waals surface area contributed by atoms with Crippen molar-refractivity contribution in [1.29, 1.82) is 0 Å². The smallest absolute Gasteiger partial charge is 0.292 e. The number of likely N-dealkylation sites (tertiary alicyclic amines) is 1. The number of anilines is 2. The number of benzene rings is 1. The number of hydrogen-bond donors (Lipinski definition) is 3. The third-order valence-corrected chi connectivity index (χ3v) is 5.12. The molecule has 3 rings (SSSR count). The van der Waals surface area contributed by atoms with Gasteiger partial charge in [0, 0.05) is 31.4 Å². The van der Waals surface area contributed by atoms with E-state index in [0.717, 1.165) is 4.90 Å². The van der Waals surface area contributed by atoms with Gasteiger partial charge in [0.05, 0.1) is 25.2 Å². The Bertz CT molecular complexity index is 738. The first-order chi connectivity index (χ1) is 12.4. The van der Waals surface area contributed by atoms with Gasteiger partial charge in [-0.1, -0.05) is 0 Å². The lowest BCUT2D eigenvalue weighted by molar-refractivity contribution is -0.920. The zero-order chi connectivity index (χ0) is 18.8. The lowest BCUT2D eigenvalue weighted by atomic mass is 9.95. The largest absolute Gasteiger partial charge is 0.369 e. The second kappa shape index (κ2) is 7.25. The van der Waals surface area contributed by atoms with Crippen LogP contribution < -0.4 is 20.9 Å². The maximum absolute atomic E-state index is 12.8. The van der Waals surface area contributed by atoms with E-state index in [1.54, 1.807) is 24.3 Å². The summed E-state index contributed by atoms with van der Waals surface area (Å²) in [6.45, 7) is 2.73. The number of nitrogens with zero attached hydrogens (tertiary/aromatic N) is 1. The molecule has 1 aromatic carbocycles. The fourth-order valence-electron chi connectivity index (χ4n) is 3.74. The van der Waals surface area contributed by atoms with Gasteiger partial charge in [0.15, 0.2) is 6.04 Å². The Hall–Kier alpha value is -2.74. The second-order valence-corrected chi connectivity index (χ2v) is 6.89. The number of carbonyl (C=O) groups excluding carboxylic acids is 4.